The minimum atomic E-state index is -0.907. The van der Waals surface area contributed by atoms with E-state index in [-0.39, 0.29) is 17.3 Å². The minimum absolute atomic E-state index is 0.0798. The van der Waals surface area contributed by atoms with Crippen LogP contribution in [0, 0.1) is 10.1 Å². The molecule has 0 bridgehead atoms. The van der Waals surface area contributed by atoms with Crippen LogP contribution in [0.3, 0.4) is 0 Å². The number of hydrogen-bond donors (Lipinski definition) is 2. The second-order valence-electron chi connectivity index (χ2n) is 4.10. The van der Waals surface area contributed by atoms with Crippen molar-refractivity contribution in [2.24, 2.45) is 0 Å². The van der Waals surface area contributed by atoms with Crippen LogP contribution in [0.15, 0.2) is 18.2 Å². The highest BCUT2D eigenvalue weighted by Crippen LogP contribution is 2.32. The molecule has 17 heavy (non-hydrogen) atoms. The number of anilines is 1. The van der Waals surface area contributed by atoms with Gasteiger partial charge in [0.05, 0.1) is 10.5 Å². The van der Waals surface area contributed by atoms with Gasteiger partial charge in [-0.3, -0.25) is 10.1 Å². The van der Waals surface area contributed by atoms with Crippen LogP contribution in [0.4, 0.5) is 11.4 Å². The largest absolute Gasteiger partial charge is 0.388 e. The van der Waals surface area contributed by atoms with Crippen LogP contribution < -0.4 is 5.32 Å². The molecule has 94 valence electrons. The third-order valence-corrected chi connectivity index (χ3v) is 2.90. The Bertz CT molecular complexity index is 421. The molecule has 1 aromatic carbocycles. The Balaban J connectivity index is 2.92. The van der Waals surface area contributed by atoms with E-state index in [0.717, 1.165) is 0 Å². The Kier molecular flexibility index (Phi) is 4.31. The van der Waals surface area contributed by atoms with Gasteiger partial charge in [-0.2, -0.15) is 0 Å². The lowest BCUT2D eigenvalue weighted by molar-refractivity contribution is -0.383. The van der Waals surface area contributed by atoms with Gasteiger partial charge in [0.2, 0.25) is 0 Å². The van der Waals surface area contributed by atoms with E-state index in [2.05, 4.69) is 5.32 Å². The summed E-state index contributed by atoms with van der Waals surface area (Å²) in [6.45, 7) is 3.73. The first-order valence-electron chi connectivity index (χ1n) is 5.26. The normalized spacial score (nSPS) is 14.1. The lowest BCUT2D eigenvalue weighted by atomic mass is 10.0. The minimum Gasteiger partial charge on any atom is -0.388 e. The highest BCUT2D eigenvalue weighted by atomic mass is 35.5. The Morgan fingerprint density at radius 3 is 2.76 bits per heavy atom. The fourth-order valence-corrected chi connectivity index (χ4v) is 1.50. The van der Waals surface area contributed by atoms with Gasteiger partial charge in [-0.25, -0.2) is 0 Å². The third-order valence-electron chi connectivity index (χ3n) is 2.59. The molecule has 0 aliphatic rings. The molecule has 1 unspecified atom stereocenters. The standard InChI is InChI=1S/C11H15ClN2O3/c1-3-11(2,15)7-13-9-6-4-5-8(12)10(9)14(16)17/h4-6,13,15H,3,7H2,1-2H3. The van der Waals surface area contributed by atoms with E-state index < -0.39 is 10.5 Å². The maximum atomic E-state index is 10.9. The van der Waals surface area contributed by atoms with Crippen LogP contribution >= 0.6 is 11.6 Å². The van der Waals surface area contributed by atoms with E-state index in [1.54, 1.807) is 19.1 Å². The summed E-state index contributed by atoms with van der Waals surface area (Å²) in [6.07, 6.45) is 0.550. The van der Waals surface area contributed by atoms with Gasteiger partial charge in [0.1, 0.15) is 10.7 Å². The Morgan fingerprint density at radius 2 is 2.24 bits per heavy atom. The smallest absolute Gasteiger partial charge is 0.310 e. The molecule has 0 amide bonds. The highest BCUT2D eigenvalue weighted by Gasteiger charge is 2.22. The van der Waals surface area contributed by atoms with Crippen LogP contribution in [0.2, 0.25) is 5.02 Å². The Hall–Kier alpha value is -1.33. The fraction of sp³-hybridized carbons (Fsp3) is 0.455. The molecule has 0 aliphatic heterocycles. The average molecular weight is 259 g/mol. The van der Waals surface area contributed by atoms with Gasteiger partial charge in [0, 0.05) is 6.54 Å². The number of hydrogen-bond acceptors (Lipinski definition) is 4. The maximum Gasteiger partial charge on any atom is 0.310 e. The van der Waals surface area contributed by atoms with Gasteiger partial charge in [-0.1, -0.05) is 24.6 Å². The second kappa shape index (κ2) is 5.33. The summed E-state index contributed by atoms with van der Waals surface area (Å²) in [6, 6.07) is 4.65. The van der Waals surface area contributed by atoms with Crippen molar-refractivity contribution in [1.29, 1.82) is 0 Å². The van der Waals surface area contributed by atoms with Crippen molar-refractivity contribution in [1.82, 2.24) is 0 Å². The molecule has 1 aromatic rings. The molecule has 0 radical (unpaired) electrons. The van der Waals surface area contributed by atoms with E-state index in [9.17, 15) is 15.2 Å². The predicted molar refractivity (Wildman–Crippen MR) is 67.5 cm³/mol. The molecular formula is C11H15ClN2O3. The number of rotatable bonds is 5. The van der Waals surface area contributed by atoms with E-state index in [1.807, 2.05) is 6.92 Å². The fourth-order valence-electron chi connectivity index (χ4n) is 1.25. The second-order valence-corrected chi connectivity index (χ2v) is 4.50. The topological polar surface area (TPSA) is 75.4 Å². The number of nitrogens with zero attached hydrogens (tertiary/aromatic N) is 1. The molecule has 0 saturated heterocycles. The zero-order valence-electron chi connectivity index (χ0n) is 9.74. The quantitative estimate of drug-likeness (QED) is 0.629. The zero-order chi connectivity index (χ0) is 13.1. The molecule has 6 heteroatoms. The summed E-state index contributed by atoms with van der Waals surface area (Å²) in [4.78, 5) is 10.3. The molecule has 0 aliphatic carbocycles. The molecule has 0 spiro atoms. The third kappa shape index (κ3) is 3.57. The first-order valence-corrected chi connectivity index (χ1v) is 5.64. The first kappa shape index (κ1) is 13.7. The molecule has 1 atom stereocenters. The van der Waals surface area contributed by atoms with Crippen molar-refractivity contribution in [3.8, 4) is 0 Å². The summed E-state index contributed by atoms with van der Waals surface area (Å²) in [5, 5.41) is 23.6. The number of halogens is 1. The van der Waals surface area contributed by atoms with Gasteiger partial charge in [0.25, 0.3) is 0 Å². The van der Waals surface area contributed by atoms with Gasteiger partial charge < -0.3 is 10.4 Å². The van der Waals surface area contributed by atoms with Crippen molar-refractivity contribution < 1.29 is 10.0 Å². The van der Waals surface area contributed by atoms with Crippen LogP contribution in [0.1, 0.15) is 20.3 Å². The summed E-state index contributed by atoms with van der Waals surface area (Å²) in [5.74, 6) is 0. The van der Waals surface area contributed by atoms with E-state index >= 15 is 0 Å². The van der Waals surface area contributed by atoms with Crippen molar-refractivity contribution in [2.75, 3.05) is 11.9 Å². The molecule has 2 N–H and O–H groups in total. The molecular weight excluding hydrogens is 244 g/mol. The molecule has 1 rings (SSSR count). The SMILES string of the molecule is CCC(C)(O)CNc1cccc(Cl)c1[N+](=O)[O-]. The molecule has 5 nitrogen and oxygen atoms in total. The van der Waals surface area contributed by atoms with Gasteiger partial charge in [-0.05, 0) is 25.5 Å². The van der Waals surface area contributed by atoms with Gasteiger partial charge in [-0.15, -0.1) is 0 Å². The lowest BCUT2D eigenvalue weighted by Crippen LogP contribution is -2.32. The van der Waals surface area contributed by atoms with E-state index in [1.165, 1.54) is 6.07 Å². The summed E-state index contributed by atoms with van der Waals surface area (Å²) in [7, 11) is 0. The summed E-state index contributed by atoms with van der Waals surface area (Å²) < 4.78 is 0. The first-order chi connectivity index (χ1) is 7.87. The lowest BCUT2D eigenvalue weighted by Gasteiger charge is -2.22. The van der Waals surface area contributed by atoms with Crippen molar-refractivity contribution >= 4 is 23.0 Å². The Morgan fingerprint density at radius 1 is 1.59 bits per heavy atom. The van der Waals surface area contributed by atoms with Gasteiger partial charge >= 0.3 is 5.69 Å². The van der Waals surface area contributed by atoms with Crippen molar-refractivity contribution in [3.63, 3.8) is 0 Å². The highest BCUT2D eigenvalue weighted by molar-refractivity contribution is 6.33. The van der Waals surface area contributed by atoms with Crippen molar-refractivity contribution in [2.45, 2.75) is 25.9 Å². The number of benzene rings is 1. The zero-order valence-corrected chi connectivity index (χ0v) is 10.5. The average Bonchev–Trinajstić information content (AvgIpc) is 2.26. The number of para-hydroxylation sites is 1. The molecule has 0 saturated carbocycles. The molecule has 0 fully saturated rings. The van der Waals surface area contributed by atoms with Crippen LogP contribution in [-0.2, 0) is 0 Å². The number of nitro groups is 1. The van der Waals surface area contributed by atoms with E-state index in [0.29, 0.717) is 12.1 Å². The van der Waals surface area contributed by atoms with Crippen LogP contribution in [0.5, 0.6) is 0 Å². The molecule has 0 aromatic heterocycles. The van der Waals surface area contributed by atoms with Crippen LogP contribution in [-0.4, -0.2) is 22.2 Å². The van der Waals surface area contributed by atoms with Crippen LogP contribution in [0.25, 0.3) is 0 Å². The number of nitro benzene ring substituents is 1. The molecule has 0 heterocycles. The maximum absolute atomic E-state index is 10.9. The summed E-state index contributed by atoms with van der Waals surface area (Å²) >= 11 is 5.76. The van der Waals surface area contributed by atoms with Gasteiger partial charge in [0.15, 0.2) is 0 Å². The van der Waals surface area contributed by atoms with Crippen molar-refractivity contribution in [3.05, 3.63) is 33.3 Å². The predicted octanol–water partition coefficient (Wildman–Crippen LogP) is 2.82. The number of aliphatic hydroxyl groups is 1. The monoisotopic (exact) mass is 258 g/mol. The number of nitrogens with one attached hydrogen (secondary N) is 1. The Labute approximate surface area is 105 Å². The summed E-state index contributed by atoms with van der Waals surface area (Å²) in [5.41, 5.74) is -0.756. The van der Waals surface area contributed by atoms with E-state index in [4.69, 9.17) is 11.6 Å².